The van der Waals surface area contributed by atoms with E-state index in [-0.39, 0.29) is 5.97 Å². The Morgan fingerprint density at radius 2 is 1.21 bits per heavy atom. The van der Waals surface area contributed by atoms with Crippen LogP contribution in [0.2, 0.25) is 0 Å². The summed E-state index contributed by atoms with van der Waals surface area (Å²) in [6.07, 6.45) is 14.7. The minimum Gasteiger partial charge on any atom is -0.462 e. The number of esters is 1. The molecule has 0 aliphatic heterocycles. The smallest absolute Gasteiger partial charge is 0.338 e. The molecule has 3 nitrogen and oxygen atoms in total. The van der Waals surface area contributed by atoms with E-state index in [2.05, 4.69) is 37.8 Å². The average molecular weight is 390 g/mol. The van der Waals surface area contributed by atoms with Gasteiger partial charge in [-0.15, -0.1) is 0 Å². The number of rotatable bonds is 17. The number of anilines is 1. The molecule has 1 aromatic rings. The topological polar surface area (TPSA) is 29.5 Å². The second kappa shape index (κ2) is 16.4. The number of unbranched alkanes of at least 4 members (excludes halogenated alkanes) is 9. The van der Waals surface area contributed by atoms with E-state index < -0.39 is 0 Å². The van der Waals surface area contributed by atoms with Crippen LogP contribution in [0, 0.1) is 0 Å². The predicted octanol–water partition coefficient (Wildman–Crippen LogP) is 7.39. The third-order valence-electron chi connectivity index (χ3n) is 5.26. The third kappa shape index (κ3) is 10.7. The molecule has 0 radical (unpaired) electrons. The van der Waals surface area contributed by atoms with Crippen molar-refractivity contribution in [3.63, 3.8) is 0 Å². The first-order chi connectivity index (χ1) is 13.7. The molecule has 0 aromatic heterocycles. The van der Waals surface area contributed by atoms with Crippen LogP contribution in [0.3, 0.4) is 0 Å². The van der Waals surface area contributed by atoms with Gasteiger partial charge in [0.1, 0.15) is 0 Å². The molecule has 0 bridgehead atoms. The molecule has 0 saturated heterocycles. The second-order valence-corrected chi connectivity index (χ2v) is 7.85. The summed E-state index contributed by atoms with van der Waals surface area (Å²) in [5, 5.41) is 0. The zero-order valence-corrected chi connectivity index (χ0v) is 18.7. The van der Waals surface area contributed by atoms with E-state index in [1.54, 1.807) is 0 Å². The van der Waals surface area contributed by atoms with Crippen molar-refractivity contribution in [1.29, 1.82) is 0 Å². The molecule has 0 fully saturated rings. The summed E-state index contributed by atoms with van der Waals surface area (Å²) in [6.45, 7) is 9.43. The Labute approximate surface area is 173 Å². The maximum absolute atomic E-state index is 12.2. The van der Waals surface area contributed by atoms with Crippen molar-refractivity contribution in [3.8, 4) is 0 Å². The van der Waals surface area contributed by atoms with Gasteiger partial charge in [0.25, 0.3) is 0 Å². The summed E-state index contributed by atoms with van der Waals surface area (Å²) in [7, 11) is 0. The number of hydrogen-bond donors (Lipinski definition) is 0. The van der Waals surface area contributed by atoms with Gasteiger partial charge in [-0.05, 0) is 43.5 Å². The molecular formula is C25H43NO2. The van der Waals surface area contributed by atoms with E-state index >= 15 is 0 Å². The van der Waals surface area contributed by atoms with Gasteiger partial charge in [-0.2, -0.15) is 0 Å². The van der Waals surface area contributed by atoms with Crippen molar-refractivity contribution in [2.24, 2.45) is 0 Å². The van der Waals surface area contributed by atoms with Gasteiger partial charge in [0.05, 0.1) is 12.2 Å². The van der Waals surface area contributed by atoms with Gasteiger partial charge in [0.15, 0.2) is 0 Å². The lowest BCUT2D eigenvalue weighted by molar-refractivity contribution is 0.0498. The van der Waals surface area contributed by atoms with E-state index in [1.165, 1.54) is 69.9 Å². The third-order valence-corrected chi connectivity index (χ3v) is 5.26. The minimum atomic E-state index is -0.194. The first-order valence-electron chi connectivity index (χ1n) is 11.7. The van der Waals surface area contributed by atoms with Crippen molar-refractivity contribution in [1.82, 2.24) is 0 Å². The number of hydrogen-bond acceptors (Lipinski definition) is 3. The van der Waals surface area contributed by atoms with Gasteiger partial charge in [-0.25, -0.2) is 4.79 Å². The molecule has 0 atom stereocenters. The molecule has 0 heterocycles. The van der Waals surface area contributed by atoms with Gasteiger partial charge in [0, 0.05) is 18.8 Å². The number of benzene rings is 1. The molecule has 0 spiro atoms. The van der Waals surface area contributed by atoms with E-state index in [4.69, 9.17) is 4.74 Å². The molecule has 28 heavy (non-hydrogen) atoms. The normalized spacial score (nSPS) is 10.8. The highest BCUT2D eigenvalue weighted by Crippen LogP contribution is 2.18. The van der Waals surface area contributed by atoms with Gasteiger partial charge in [-0.1, -0.05) is 78.6 Å². The summed E-state index contributed by atoms with van der Waals surface area (Å²) < 4.78 is 5.41. The van der Waals surface area contributed by atoms with Crippen molar-refractivity contribution in [2.75, 3.05) is 24.6 Å². The predicted molar refractivity (Wildman–Crippen MR) is 121 cm³/mol. The zero-order chi connectivity index (χ0) is 20.5. The summed E-state index contributed by atoms with van der Waals surface area (Å²) in [5.41, 5.74) is 1.89. The van der Waals surface area contributed by atoms with Gasteiger partial charge in [-0.3, -0.25) is 0 Å². The average Bonchev–Trinajstić information content (AvgIpc) is 2.72. The fraction of sp³-hybridized carbons (Fsp3) is 0.720. The van der Waals surface area contributed by atoms with Crippen LogP contribution >= 0.6 is 0 Å². The van der Waals surface area contributed by atoms with E-state index in [9.17, 15) is 4.79 Å². The van der Waals surface area contributed by atoms with Crippen LogP contribution in [0.25, 0.3) is 0 Å². The highest BCUT2D eigenvalue weighted by atomic mass is 16.5. The lowest BCUT2D eigenvalue weighted by atomic mass is 10.1. The van der Waals surface area contributed by atoms with Crippen LogP contribution in [0.15, 0.2) is 24.3 Å². The van der Waals surface area contributed by atoms with Crippen LogP contribution in [-0.4, -0.2) is 25.7 Å². The van der Waals surface area contributed by atoms with Crippen LogP contribution in [0.5, 0.6) is 0 Å². The van der Waals surface area contributed by atoms with Crippen molar-refractivity contribution < 1.29 is 9.53 Å². The Balaban J connectivity index is 2.54. The fourth-order valence-electron chi connectivity index (χ4n) is 3.41. The molecule has 0 amide bonds. The number of carbonyl (C=O) groups excluding carboxylic acids is 1. The monoisotopic (exact) mass is 389 g/mol. The largest absolute Gasteiger partial charge is 0.462 e. The van der Waals surface area contributed by atoms with Gasteiger partial charge >= 0.3 is 5.97 Å². The van der Waals surface area contributed by atoms with E-state index in [0.717, 1.165) is 25.9 Å². The van der Waals surface area contributed by atoms with Crippen molar-refractivity contribution in [3.05, 3.63) is 29.8 Å². The molecule has 0 N–H and O–H groups in total. The summed E-state index contributed by atoms with van der Waals surface area (Å²) in [5.74, 6) is -0.194. The molecule has 0 aliphatic rings. The van der Waals surface area contributed by atoms with Crippen LogP contribution in [0.1, 0.15) is 108 Å². The molecule has 0 unspecified atom stereocenters. The van der Waals surface area contributed by atoms with Crippen LogP contribution in [0.4, 0.5) is 5.69 Å². The number of ether oxygens (including phenoxy) is 1. The first kappa shape index (κ1) is 24.5. The molecule has 0 aliphatic carbocycles. The molecule has 1 aromatic carbocycles. The molecule has 160 valence electrons. The van der Waals surface area contributed by atoms with Gasteiger partial charge < -0.3 is 9.64 Å². The van der Waals surface area contributed by atoms with Crippen molar-refractivity contribution in [2.45, 2.75) is 97.8 Å². The Bertz CT molecular complexity index is 486. The number of nitrogens with zero attached hydrogens (tertiary/aromatic N) is 1. The molecule has 3 heteroatoms. The van der Waals surface area contributed by atoms with Crippen LogP contribution < -0.4 is 4.90 Å². The Morgan fingerprint density at radius 3 is 1.71 bits per heavy atom. The van der Waals surface area contributed by atoms with E-state index in [0.29, 0.717) is 12.2 Å². The fourth-order valence-corrected chi connectivity index (χ4v) is 3.41. The quantitative estimate of drug-likeness (QED) is 0.205. The standard InChI is InChI=1S/C25H43NO2/c1-4-7-10-13-20-26(21-14-11-8-5-2)24-18-16-23(17-19-24)25(27)28-22-15-12-9-6-3/h16-19H,4-15,20-22H2,1-3H3. The lowest BCUT2D eigenvalue weighted by Crippen LogP contribution is -2.25. The van der Waals surface area contributed by atoms with Crippen molar-refractivity contribution >= 4 is 11.7 Å². The zero-order valence-electron chi connectivity index (χ0n) is 18.7. The highest BCUT2D eigenvalue weighted by Gasteiger charge is 2.10. The molecule has 0 saturated carbocycles. The maximum Gasteiger partial charge on any atom is 0.338 e. The van der Waals surface area contributed by atoms with E-state index in [1.807, 2.05) is 12.1 Å². The Kier molecular flexibility index (Phi) is 14.4. The first-order valence-corrected chi connectivity index (χ1v) is 11.7. The molecular weight excluding hydrogens is 346 g/mol. The lowest BCUT2D eigenvalue weighted by Gasteiger charge is -2.25. The van der Waals surface area contributed by atoms with Gasteiger partial charge in [0.2, 0.25) is 0 Å². The number of carbonyl (C=O) groups is 1. The Morgan fingerprint density at radius 1 is 0.714 bits per heavy atom. The second-order valence-electron chi connectivity index (χ2n) is 7.85. The van der Waals surface area contributed by atoms with Crippen LogP contribution in [-0.2, 0) is 4.74 Å². The SMILES string of the molecule is CCCCCCOC(=O)c1ccc(N(CCCCCC)CCCCCC)cc1. The minimum absolute atomic E-state index is 0.194. The maximum atomic E-state index is 12.2. The Hall–Kier alpha value is -1.51. The highest BCUT2D eigenvalue weighted by molar-refractivity contribution is 5.89. The summed E-state index contributed by atoms with van der Waals surface area (Å²) >= 11 is 0. The summed E-state index contributed by atoms with van der Waals surface area (Å²) in [4.78, 5) is 14.7. The molecule has 1 rings (SSSR count). The summed E-state index contributed by atoms with van der Waals surface area (Å²) in [6, 6.07) is 8.03.